The van der Waals surface area contributed by atoms with E-state index in [2.05, 4.69) is 24.2 Å². The van der Waals surface area contributed by atoms with E-state index in [4.69, 9.17) is 4.74 Å². The van der Waals surface area contributed by atoms with Gasteiger partial charge in [0.2, 0.25) is 0 Å². The lowest BCUT2D eigenvalue weighted by atomic mass is 10.1. The summed E-state index contributed by atoms with van der Waals surface area (Å²) in [5.74, 6) is 1.45. The molecule has 0 spiro atoms. The van der Waals surface area contributed by atoms with Crippen LogP contribution in [-0.2, 0) is 11.3 Å². The minimum absolute atomic E-state index is 0.175. The molecule has 0 radical (unpaired) electrons. The Bertz CT molecular complexity index is 438. The lowest BCUT2D eigenvalue weighted by Crippen LogP contribution is -2.24. The standard InChI is InChI=1S/C16H25FN2O/c1-12-8-14(12)11-19(2)16-5-4-15(17)9-13(16)10-18-6-7-20-3/h4-5,9,12,14,18H,6-8,10-11H2,1-3H3. The molecule has 0 bridgehead atoms. The summed E-state index contributed by atoms with van der Waals surface area (Å²) >= 11 is 0. The zero-order valence-corrected chi connectivity index (χ0v) is 12.7. The van der Waals surface area contributed by atoms with Crippen LogP contribution in [0.1, 0.15) is 18.9 Å². The molecular weight excluding hydrogens is 255 g/mol. The van der Waals surface area contributed by atoms with Crippen LogP contribution in [0.3, 0.4) is 0 Å². The van der Waals surface area contributed by atoms with Gasteiger partial charge in [0.1, 0.15) is 5.82 Å². The third-order valence-electron chi connectivity index (χ3n) is 4.04. The zero-order valence-electron chi connectivity index (χ0n) is 12.7. The monoisotopic (exact) mass is 280 g/mol. The molecule has 1 aliphatic carbocycles. The number of rotatable bonds is 8. The Labute approximate surface area is 121 Å². The molecule has 1 aliphatic rings. The number of anilines is 1. The van der Waals surface area contributed by atoms with Crippen molar-refractivity contribution in [3.63, 3.8) is 0 Å². The molecule has 0 aromatic heterocycles. The average Bonchev–Trinajstić information content (AvgIpc) is 3.10. The number of benzene rings is 1. The molecular formula is C16H25FN2O. The van der Waals surface area contributed by atoms with Crippen LogP contribution in [0.2, 0.25) is 0 Å². The van der Waals surface area contributed by atoms with Crippen LogP contribution in [0.5, 0.6) is 0 Å². The van der Waals surface area contributed by atoms with Crippen molar-refractivity contribution < 1.29 is 9.13 Å². The first kappa shape index (κ1) is 15.3. The van der Waals surface area contributed by atoms with Crippen LogP contribution >= 0.6 is 0 Å². The van der Waals surface area contributed by atoms with Gasteiger partial charge < -0.3 is 15.0 Å². The third-order valence-corrected chi connectivity index (χ3v) is 4.04. The molecule has 2 atom stereocenters. The molecule has 1 saturated carbocycles. The highest BCUT2D eigenvalue weighted by atomic mass is 19.1. The van der Waals surface area contributed by atoms with Crippen molar-refractivity contribution in [1.82, 2.24) is 5.32 Å². The summed E-state index contributed by atoms with van der Waals surface area (Å²) in [5.41, 5.74) is 2.13. The smallest absolute Gasteiger partial charge is 0.123 e. The predicted molar refractivity (Wildman–Crippen MR) is 80.5 cm³/mol. The minimum Gasteiger partial charge on any atom is -0.383 e. The molecule has 0 saturated heterocycles. The maximum atomic E-state index is 13.5. The Morgan fingerprint density at radius 1 is 1.45 bits per heavy atom. The van der Waals surface area contributed by atoms with Gasteiger partial charge in [-0.15, -0.1) is 0 Å². The second-order valence-electron chi connectivity index (χ2n) is 5.80. The Morgan fingerprint density at radius 3 is 2.85 bits per heavy atom. The van der Waals surface area contributed by atoms with E-state index >= 15 is 0 Å². The third kappa shape index (κ3) is 4.18. The molecule has 0 aliphatic heterocycles. The van der Waals surface area contributed by atoms with Gasteiger partial charge in [-0.25, -0.2) is 4.39 Å². The highest BCUT2D eigenvalue weighted by Gasteiger charge is 2.33. The summed E-state index contributed by atoms with van der Waals surface area (Å²) in [6, 6.07) is 5.05. The first-order valence-corrected chi connectivity index (χ1v) is 7.31. The molecule has 3 nitrogen and oxygen atoms in total. The first-order chi connectivity index (χ1) is 9.61. The van der Waals surface area contributed by atoms with Crippen LogP contribution in [0, 0.1) is 17.7 Å². The molecule has 1 fully saturated rings. The number of hydrogen-bond acceptors (Lipinski definition) is 3. The van der Waals surface area contributed by atoms with Crippen LogP contribution in [0.4, 0.5) is 10.1 Å². The number of hydrogen-bond donors (Lipinski definition) is 1. The van der Waals surface area contributed by atoms with Crippen LogP contribution in [-0.4, -0.2) is 33.9 Å². The van der Waals surface area contributed by atoms with Crippen molar-refractivity contribution in [3.05, 3.63) is 29.6 Å². The predicted octanol–water partition coefficient (Wildman–Crippen LogP) is 2.65. The lowest BCUT2D eigenvalue weighted by Gasteiger charge is -2.23. The molecule has 0 amide bonds. The van der Waals surface area contributed by atoms with Gasteiger partial charge in [-0.3, -0.25) is 0 Å². The number of nitrogens with zero attached hydrogens (tertiary/aromatic N) is 1. The van der Waals surface area contributed by atoms with Crippen molar-refractivity contribution >= 4 is 5.69 Å². The maximum Gasteiger partial charge on any atom is 0.123 e. The van der Waals surface area contributed by atoms with Gasteiger partial charge in [0.05, 0.1) is 6.61 Å². The molecule has 112 valence electrons. The van der Waals surface area contributed by atoms with E-state index in [-0.39, 0.29) is 5.82 Å². The van der Waals surface area contributed by atoms with Gasteiger partial charge in [-0.05, 0) is 42.0 Å². The van der Waals surface area contributed by atoms with E-state index in [0.717, 1.165) is 36.2 Å². The fourth-order valence-corrected chi connectivity index (χ4v) is 2.57. The molecule has 2 rings (SSSR count). The average molecular weight is 280 g/mol. The van der Waals surface area contributed by atoms with Gasteiger partial charge in [0.25, 0.3) is 0 Å². The summed E-state index contributed by atoms with van der Waals surface area (Å²) in [4.78, 5) is 2.25. The number of methoxy groups -OCH3 is 1. The number of ether oxygens (including phenoxy) is 1. The van der Waals surface area contributed by atoms with E-state index in [0.29, 0.717) is 13.2 Å². The highest BCUT2D eigenvalue weighted by Crippen LogP contribution is 2.39. The van der Waals surface area contributed by atoms with Crippen LogP contribution in [0.25, 0.3) is 0 Å². The fraction of sp³-hybridized carbons (Fsp3) is 0.625. The Morgan fingerprint density at radius 2 is 2.20 bits per heavy atom. The SMILES string of the molecule is COCCNCc1cc(F)ccc1N(C)CC1CC1C. The largest absolute Gasteiger partial charge is 0.383 e. The van der Waals surface area contributed by atoms with Crippen molar-refractivity contribution in [3.8, 4) is 0 Å². The Hall–Kier alpha value is -1.13. The topological polar surface area (TPSA) is 24.5 Å². The van der Waals surface area contributed by atoms with Gasteiger partial charge >= 0.3 is 0 Å². The summed E-state index contributed by atoms with van der Waals surface area (Å²) in [7, 11) is 3.77. The van der Waals surface area contributed by atoms with Gasteiger partial charge in [0.15, 0.2) is 0 Å². The van der Waals surface area contributed by atoms with Crippen LogP contribution in [0.15, 0.2) is 18.2 Å². The summed E-state index contributed by atoms with van der Waals surface area (Å²) in [6.45, 7) is 5.45. The van der Waals surface area contributed by atoms with E-state index in [1.807, 2.05) is 6.07 Å². The molecule has 20 heavy (non-hydrogen) atoms. The maximum absolute atomic E-state index is 13.5. The molecule has 2 unspecified atom stereocenters. The Kier molecular flexibility index (Phi) is 5.38. The second-order valence-corrected chi connectivity index (χ2v) is 5.80. The zero-order chi connectivity index (χ0) is 14.5. The van der Waals surface area contributed by atoms with Crippen molar-refractivity contribution in [2.45, 2.75) is 19.9 Å². The normalized spacial score (nSPS) is 21.0. The number of halogens is 1. The van der Waals surface area contributed by atoms with Crippen LogP contribution < -0.4 is 10.2 Å². The van der Waals surface area contributed by atoms with Gasteiger partial charge in [-0.1, -0.05) is 6.92 Å². The number of nitrogens with one attached hydrogen (secondary N) is 1. The molecule has 1 N–H and O–H groups in total. The highest BCUT2D eigenvalue weighted by molar-refractivity contribution is 5.53. The van der Waals surface area contributed by atoms with Crippen molar-refractivity contribution in [1.29, 1.82) is 0 Å². The quantitative estimate of drug-likeness (QED) is 0.741. The van der Waals surface area contributed by atoms with Crippen molar-refractivity contribution in [2.75, 3.05) is 38.8 Å². The second kappa shape index (κ2) is 7.04. The summed E-state index contributed by atoms with van der Waals surface area (Å²) in [5, 5.41) is 3.28. The Balaban J connectivity index is 1.98. The van der Waals surface area contributed by atoms with E-state index in [1.165, 1.54) is 6.42 Å². The van der Waals surface area contributed by atoms with E-state index in [9.17, 15) is 4.39 Å². The molecule has 1 aromatic rings. The van der Waals surface area contributed by atoms with Gasteiger partial charge in [0, 0.05) is 39.5 Å². The molecule has 4 heteroatoms. The van der Waals surface area contributed by atoms with E-state index < -0.39 is 0 Å². The van der Waals surface area contributed by atoms with Crippen molar-refractivity contribution in [2.24, 2.45) is 11.8 Å². The molecule has 1 aromatic carbocycles. The molecule has 0 heterocycles. The minimum atomic E-state index is -0.175. The lowest BCUT2D eigenvalue weighted by molar-refractivity contribution is 0.199. The fourth-order valence-electron chi connectivity index (χ4n) is 2.57. The summed E-state index contributed by atoms with van der Waals surface area (Å²) in [6.07, 6.45) is 1.31. The summed E-state index contributed by atoms with van der Waals surface area (Å²) < 4.78 is 18.5. The van der Waals surface area contributed by atoms with Gasteiger partial charge in [-0.2, -0.15) is 0 Å². The van der Waals surface area contributed by atoms with E-state index in [1.54, 1.807) is 19.2 Å². The first-order valence-electron chi connectivity index (χ1n) is 7.31.